The number of hydrogen-bond acceptors (Lipinski definition) is 3. The van der Waals surface area contributed by atoms with E-state index in [1.807, 2.05) is 43.3 Å². The van der Waals surface area contributed by atoms with Crippen LogP contribution < -0.4 is 5.32 Å². The van der Waals surface area contributed by atoms with Crippen molar-refractivity contribution in [3.05, 3.63) is 71.7 Å². The lowest BCUT2D eigenvalue weighted by atomic mass is 10.1. The summed E-state index contributed by atoms with van der Waals surface area (Å²) in [4.78, 5) is 20.5. The number of nitrogens with zero attached hydrogens (tertiary/aromatic N) is 2. The molecule has 2 heterocycles. The fourth-order valence-corrected chi connectivity index (χ4v) is 2.22. The summed E-state index contributed by atoms with van der Waals surface area (Å²) in [6.07, 6.45) is 5.04. The number of aromatic nitrogens is 2. The average molecular weight is 277 g/mol. The van der Waals surface area contributed by atoms with Gasteiger partial charge in [-0.25, -0.2) is 0 Å². The Labute approximate surface area is 122 Å². The van der Waals surface area contributed by atoms with Gasteiger partial charge in [-0.3, -0.25) is 14.8 Å². The van der Waals surface area contributed by atoms with E-state index in [2.05, 4.69) is 15.3 Å². The van der Waals surface area contributed by atoms with E-state index in [-0.39, 0.29) is 5.91 Å². The van der Waals surface area contributed by atoms with Crippen molar-refractivity contribution < 1.29 is 4.79 Å². The van der Waals surface area contributed by atoms with Gasteiger partial charge in [0.2, 0.25) is 0 Å². The summed E-state index contributed by atoms with van der Waals surface area (Å²) in [5, 5.41) is 3.87. The molecule has 104 valence electrons. The number of fused-ring (bicyclic) bond motifs is 1. The Bertz CT molecular complexity index is 784. The number of carbonyl (C=O) groups excluding carboxylic acids is 1. The first-order valence-corrected chi connectivity index (χ1v) is 6.76. The van der Waals surface area contributed by atoms with E-state index in [9.17, 15) is 4.79 Å². The number of rotatable bonds is 3. The van der Waals surface area contributed by atoms with Gasteiger partial charge in [-0.15, -0.1) is 0 Å². The summed E-state index contributed by atoms with van der Waals surface area (Å²) >= 11 is 0. The van der Waals surface area contributed by atoms with Crippen molar-refractivity contribution >= 4 is 16.8 Å². The number of amides is 1. The molecule has 4 nitrogen and oxygen atoms in total. The standard InChI is InChI=1S/C17H15N3O/c1-12-3-2-4-14-9-15(11-19-16(12)14)17(21)20-10-13-5-7-18-8-6-13/h2-9,11H,10H2,1H3,(H,20,21). The number of hydrogen-bond donors (Lipinski definition) is 1. The van der Waals surface area contributed by atoms with Crippen molar-refractivity contribution in [3.8, 4) is 0 Å². The van der Waals surface area contributed by atoms with Gasteiger partial charge in [0.15, 0.2) is 0 Å². The molecule has 0 unspecified atom stereocenters. The lowest BCUT2D eigenvalue weighted by molar-refractivity contribution is 0.0950. The summed E-state index contributed by atoms with van der Waals surface area (Å²) < 4.78 is 0. The van der Waals surface area contributed by atoms with Gasteiger partial charge < -0.3 is 5.32 Å². The smallest absolute Gasteiger partial charge is 0.253 e. The van der Waals surface area contributed by atoms with Gasteiger partial charge in [0.1, 0.15) is 0 Å². The van der Waals surface area contributed by atoms with Crippen LogP contribution in [0.15, 0.2) is 55.0 Å². The molecule has 0 spiro atoms. The van der Waals surface area contributed by atoms with E-state index in [0.717, 1.165) is 22.0 Å². The Morgan fingerprint density at radius 2 is 2.00 bits per heavy atom. The summed E-state index contributed by atoms with van der Waals surface area (Å²) in [7, 11) is 0. The zero-order valence-electron chi connectivity index (χ0n) is 11.7. The van der Waals surface area contributed by atoms with Crippen LogP contribution in [0.1, 0.15) is 21.5 Å². The summed E-state index contributed by atoms with van der Waals surface area (Å²) in [5.41, 5.74) is 3.63. The minimum absolute atomic E-state index is 0.122. The Kier molecular flexibility index (Phi) is 3.60. The first-order chi connectivity index (χ1) is 10.2. The van der Waals surface area contributed by atoms with Crippen molar-refractivity contribution in [3.63, 3.8) is 0 Å². The normalized spacial score (nSPS) is 10.5. The van der Waals surface area contributed by atoms with Crippen LogP contribution in [0.4, 0.5) is 0 Å². The van der Waals surface area contributed by atoms with Crippen molar-refractivity contribution in [1.29, 1.82) is 0 Å². The number of pyridine rings is 2. The average Bonchev–Trinajstić information content (AvgIpc) is 2.53. The van der Waals surface area contributed by atoms with Crippen LogP contribution in [-0.4, -0.2) is 15.9 Å². The molecule has 0 aliphatic rings. The summed E-state index contributed by atoms with van der Waals surface area (Å²) in [6, 6.07) is 11.6. The highest BCUT2D eigenvalue weighted by atomic mass is 16.1. The van der Waals surface area contributed by atoms with Crippen LogP contribution in [0.25, 0.3) is 10.9 Å². The summed E-state index contributed by atoms with van der Waals surface area (Å²) in [6.45, 7) is 2.49. The van der Waals surface area contributed by atoms with Crippen LogP contribution in [-0.2, 0) is 6.54 Å². The molecule has 0 saturated carbocycles. The predicted octanol–water partition coefficient (Wildman–Crippen LogP) is 2.87. The highest BCUT2D eigenvalue weighted by Gasteiger charge is 2.07. The van der Waals surface area contributed by atoms with E-state index >= 15 is 0 Å². The molecule has 0 aliphatic heterocycles. The van der Waals surface area contributed by atoms with Gasteiger partial charge in [-0.1, -0.05) is 18.2 Å². The van der Waals surface area contributed by atoms with Crippen molar-refractivity contribution in [2.75, 3.05) is 0 Å². The third-order valence-electron chi connectivity index (χ3n) is 3.38. The molecular formula is C17H15N3O. The molecule has 1 aromatic carbocycles. The van der Waals surface area contributed by atoms with Crippen LogP contribution in [0.3, 0.4) is 0 Å². The second-order valence-corrected chi connectivity index (χ2v) is 4.91. The van der Waals surface area contributed by atoms with Crippen molar-refractivity contribution in [2.24, 2.45) is 0 Å². The third-order valence-corrected chi connectivity index (χ3v) is 3.38. The predicted molar refractivity (Wildman–Crippen MR) is 81.9 cm³/mol. The molecule has 0 radical (unpaired) electrons. The number of nitrogens with one attached hydrogen (secondary N) is 1. The Morgan fingerprint density at radius 1 is 1.19 bits per heavy atom. The highest BCUT2D eigenvalue weighted by Crippen LogP contribution is 2.16. The number of aryl methyl sites for hydroxylation is 1. The lowest BCUT2D eigenvalue weighted by Gasteiger charge is -2.07. The van der Waals surface area contributed by atoms with Gasteiger partial charge in [0.25, 0.3) is 5.91 Å². The Hall–Kier alpha value is -2.75. The largest absolute Gasteiger partial charge is 0.348 e. The minimum atomic E-state index is -0.122. The van der Waals surface area contributed by atoms with Crippen molar-refractivity contribution in [1.82, 2.24) is 15.3 Å². The van der Waals surface area contributed by atoms with E-state index < -0.39 is 0 Å². The molecule has 4 heteroatoms. The first-order valence-electron chi connectivity index (χ1n) is 6.76. The van der Waals surface area contributed by atoms with Crippen LogP contribution in [0.2, 0.25) is 0 Å². The molecule has 0 aliphatic carbocycles. The monoisotopic (exact) mass is 277 g/mol. The molecule has 0 saturated heterocycles. The maximum atomic E-state index is 12.2. The minimum Gasteiger partial charge on any atom is -0.348 e. The van der Waals surface area contributed by atoms with Crippen molar-refractivity contribution in [2.45, 2.75) is 13.5 Å². The molecule has 0 fully saturated rings. The van der Waals surface area contributed by atoms with Gasteiger partial charge >= 0.3 is 0 Å². The molecule has 1 N–H and O–H groups in total. The van der Waals surface area contributed by atoms with E-state index in [1.54, 1.807) is 18.6 Å². The molecule has 21 heavy (non-hydrogen) atoms. The van der Waals surface area contributed by atoms with E-state index in [1.165, 1.54) is 0 Å². The van der Waals surface area contributed by atoms with E-state index in [0.29, 0.717) is 12.1 Å². The molecule has 3 aromatic rings. The Morgan fingerprint density at radius 3 is 2.81 bits per heavy atom. The molecule has 2 aromatic heterocycles. The third kappa shape index (κ3) is 2.89. The first kappa shape index (κ1) is 13.2. The quantitative estimate of drug-likeness (QED) is 0.801. The number of carbonyl (C=O) groups is 1. The van der Waals surface area contributed by atoms with E-state index in [4.69, 9.17) is 0 Å². The number of para-hydroxylation sites is 1. The van der Waals surface area contributed by atoms with Crippen LogP contribution in [0, 0.1) is 6.92 Å². The topological polar surface area (TPSA) is 54.9 Å². The fraction of sp³-hybridized carbons (Fsp3) is 0.118. The van der Waals surface area contributed by atoms with Gasteiger partial charge in [0, 0.05) is 30.5 Å². The van der Waals surface area contributed by atoms with Gasteiger partial charge in [-0.05, 0) is 36.2 Å². The zero-order valence-corrected chi connectivity index (χ0v) is 11.7. The Balaban J connectivity index is 1.79. The zero-order chi connectivity index (χ0) is 14.7. The lowest BCUT2D eigenvalue weighted by Crippen LogP contribution is -2.22. The molecular weight excluding hydrogens is 262 g/mol. The maximum Gasteiger partial charge on any atom is 0.253 e. The van der Waals surface area contributed by atoms with Crippen LogP contribution in [0.5, 0.6) is 0 Å². The van der Waals surface area contributed by atoms with Gasteiger partial charge in [0.05, 0.1) is 11.1 Å². The fourth-order valence-electron chi connectivity index (χ4n) is 2.22. The second kappa shape index (κ2) is 5.71. The maximum absolute atomic E-state index is 12.2. The number of benzene rings is 1. The SMILES string of the molecule is Cc1cccc2cc(C(=O)NCc3ccncc3)cnc12. The molecule has 0 bridgehead atoms. The van der Waals surface area contributed by atoms with Crippen LogP contribution >= 0.6 is 0 Å². The van der Waals surface area contributed by atoms with Gasteiger partial charge in [-0.2, -0.15) is 0 Å². The highest BCUT2D eigenvalue weighted by molar-refractivity contribution is 5.97. The summed E-state index contributed by atoms with van der Waals surface area (Å²) in [5.74, 6) is -0.122. The molecule has 1 amide bonds. The molecule has 3 rings (SSSR count). The molecule has 0 atom stereocenters. The second-order valence-electron chi connectivity index (χ2n) is 4.91.